The minimum absolute atomic E-state index is 0.0537. The Hall–Kier alpha value is -3.11. The van der Waals surface area contributed by atoms with Crippen LogP contribution in [-0.4, -0.2) is 41.1 Å². The van der Waals surface area contributed by atoms with Gasteiger partial charge in [0.15, 0.2) is 0 Å². The maximum Gasteiger partial charge on any atom is 0.258 e. The van der Waals surface area contributed by atoms with Crippen LogP contribution >= 0.6 is 0 Å². The topological polar surface area (TPSA) is 98.4 Å². The first-order valence-electron chi connectivity index (χ1n) is 7.24. The minimum Gasteiger partial charge on any atom is -0.493 e. The van der Waals surface area contributed by atoms with Crippen molar-refractivity contribution in [2.24, 2.45) is 0 Å². The van der Waals surface area contributed by atoms with Gasteiger partial charge in [0.1, 0.15) is 11.6 Å². The van der Waals surface area contributed by atoms with E-state index in [0.29, 0.717) is 16.9 Å². The number of aromatic nitrogens is 1. The molecular formula is C17H18N4O3. The van der Waals surface area contributed by atoms with E-state index in [9.17, 15) is 14.7 Å². The smallest absolute Gasteiger partial charge is 0.258 e. The molecule has 2 N–H and O–H groups in total. The third-order valence-corrected chi connectivity index (χ3v) is 3.37. The fraction of sp³-hybridized carbons (Fsp3) is 0.235. The summed E-state index contributed by atoms with van der Waals surface area (Å²) < 4.78 is 1.05. The zero-order valence-electron chi connectivity index (χ0n) is 13.7. The Morgan fingerprint density at radius 1 is 1.33 bits per heavy atom. The van der Waals surface area contributed by atoms with E-state index in [1.807, 2.05) is 6.07 Å². The van der Waals surface area contributed by atoms with E-state index >= 15 is 0 Å². The van der Waals surface area contributed by atoms with Crippen LogP contribution in [0.25, 0.3) is 5.69 Å². The molecule has 2 rings (SSSR count). The fourth-order valence-corrected chi connectivity index (χ4v) is 2.28. The third kappa shape index (κ3) is 3.62. The molecule has 24 heavy (non-hydrogen) atoms. The number of benzene rings is 1. The van der Waals surface area contributed by atoms with Crippen molar-refractivity contribution in [2.75, 3.05) is 26.0 Å². The van der Waals surface area contributed by atoms with Crippen LogP contribution in [0.2, 0.25) is 0 Å². The SMILES string of the molecule is Cc1cc(=O)n(-c2ccc(NC(=O)CN(C)C)cc2)c(O)c1C#N. The fourth-order valence-electron chi connectivity index (χ4n) is 2.28. The zero-order valence-corrected chi connectivity index (χ0v) is 13.7. The molecule has 0 saturated carbocycles. The number of nitrogens with one attached hydrogen (secondary N) is 1. The summed E-state index contributed by atoms with van der Waals surface area (Å²) in [6.07, 6.45) is 0. The van der Waals surface area contributed by atoms with Crippen LogP contribution in [0.15, 0.2) is 35.1 Å². The molecule has 0 spiro atoms. The standard InChI is InChI=1S/C17H18N4O3/c1-11-8-16(23)21(17(24)14(11)9-18)13-6-4-12(5-7-13)19-15(22)10-20(2)3/h4-8,24H,10H2,1-3H3,(H,19,22). The largest absolute Gasteiger partial charge is 0.493 e. The second kappa shape index (κ2) is 6.98. The van der Waals surface area contributed by atoms with Crippen LogP contribution in [0.5, 0.6) is 5.88 Å². The first kappa shape index (κ1) is 17.2. The number of nitrogens with zero attached hydrogens (tertiary/aromatic N) is 3. The van der Waals surface area contributed by atoms with Crippen LogP contribution < -0.4 is 10.9 Å². The van der Waals surface area contributed by atoms with E-state index in [4.69, 9.17) is 5.26 Å². The molecule has 1 heterocycles. The van der Waals surface area contributed by atoms with Gasteiger partial charge in [0.25, 0.3) is 5.56 Å². The van der Waals surface area contributed by atoms with Crippen molar-refractivity contribution >= 4 is 11.6 Å². The van der Waals surface area contributed by atoms with Crippen molar-refractivity contribution in [1.82, 2.24) is 9.47 Å². The summed E-state index contributed by atoms with van der Waals surface area (Å²) in [7, 11) is 3.59. The lowest BCUT2D eigenvalue weighted by Crippen LogP contribution is -2.27. The number of hydrogen-bond donors (Lipinski definition) is 2. The van der Waals surface area contributed by atoms with Crippen molar-refractivity contribution in [3.8, 4) is 17.6 Å². The molecule has 0 saturated heterocycles. The molecule has 0 fully saturated rings. The lowest BCUT2D eigenvalue weighted by molar-refractivity contribution is -0.116. The molecule has 0 aliphatic rings. The number of carbonyl (C=O) groups is 1. The molecule has 7 heteroatoms. The Kier molecular flexibility index (Phi) is 5.02. The van der Waals surface area contributed by atoms with Gasteiger partial charge in [-0.2, -0.15) is 5.26 Å². The number of aromatic hydroxyl groups is 1. The van der Waals surface area contributed by atoms with Gasteiger partial charge in [-0.15, -0.1) is 0 Å². The highest BCUT2D eigenvalue weighted by atomic mass is 16.3. The van der Waals surface area contributed by atoms with E-state index in [2.05, 4.69) is 5.32 Å². The first-order valence-corrected chi connectivity index (χ1v) is 7.24. The van der Waals surface area contributed by atoms with Crippen LogP contribution in [0.1, 0.15) is 11.1 Å². The van der Waals surface area contributed by atoms with Crippen molar-refractivity contribution in [3.05, 3.63) is 51.8 Å². The summed E-state index contributed by atoms with van der Waals surface area (Å²) in [5.74, 6) is -0.554. The maximum absolute atomic E-state index is 12.1. The van der Waals surface area contributed by atoms with Crippen molar-refractivity contribution in [3.63, 3.8) is 0 Å². The minimum atomic E-state index is -0.437. The van der Waals surface area contributed by atoms with E-state index < -0.39 is 11.4 Å². The molecule has 2 aromatic rings. The van der Waals surface area contributed by atoms with Crippen LogP contribution in [-0.2, 0) is 4.79 Å². The second-order valence-electron chi connectivity index (χ2n) is 5.64. The summed E-state index contributed by atoms with van der Waals surface area (Å²) in [5, 5.41) is 22.0. The molecule has 0 unspecified atom stereocenters. The van der Waals surface area contributed by atoms with E-state index in [1.54, 1.807) is 50.2 Å². The number of hydrogen-bond acceptors (Lipinski definition) is 5. The number of pyridine rings is 1. The molecule has 0 aliphatic heterocycles. The lowest BCUT2D eigenvalue weighted by Gasteiger charge is -2.13. The van der Waals surface area contributed by atoms with Gasteiger partial charge < -0.3 is 15.3 Å². The Bertz CT molecular complexity index is 861. The average Bonchev–Trinajstić information content (AvgIpc) is 2.48. The number of nitriles is 1. The summed E-state index contributed by atoms with van der Waals surface area (Å²) >= 11 is 0. The molecule has 1 aromatic heterocycles. The molecule has 1 amide bonds. The number of rotatable bonds is 4. The number of likely N-dealkylation sites (N-methyl/N-ethyl adjacent to an activating group) is 1. The van der Waals surface area contributed by atoms with Gasteiger partial charge in [0, 0.05) is 11.8 Å². The molecule has 124 valence electrons. The molecule has 0 bridgehead atoms. The molecule has 0 atom stereocenters. The molecule has 0 radical (unpaired) electrons. The Balaban J connectivity index is 2.34. The molecular weight excluding hydrogens is 308 g/mol. The second-order valence-corrected chi connectivity index (χ2v) is 5.64. The van der Waals surface area contributed by atoms with E-state index in [1.165, 1.54) is 6.07 Å². The monoisotopic (exact) mass is 326 g/mol. The lowest BCUT2D eigenvalue weighted by atomic mass is 10.1. The number of amides is 1. The number of aryl methyl sites for hydroxylation is 1. The maximum atomic E-state index is 12.1. The van der Waals surface area contributed by atoms with Crippen LogP contribution in [0.3, 0.4) is 0 Å². The summed E-state index contributed by atoms with van der Waals surface area (Å²) in [6.45, 7) is 1.85. The highest BCUT2D eigenvalue weighted by Gasteiger charge is 2.14. The summed E-state index contributed by atoms with van der Waals surface area (Å²) in [4.78, 5) is 25.6. The molecule has 7 nitrogen and oxygen atoms in total. The highest BCUT2D eigenvalue weighted by molar-refractivity contribution is 5.92. The summed E-state index contributed by atoms with van der Waals surface area (Å²) in [6, 6.07) is 9.61. The quantitative estimate of drug-likeness (QED) is 0.880. The number of carbonyl (C=O) groups excluding carboxylic acids is 1. The van der Waals surface area contributed by atoms with Crippen LogP contribution in [0.4, 0.5) is 5.69 Å². The van der Waals surface area contributed by atoms with Gasteiger partial charge in [0.2, 0.25) is 11.8 Å². The zero-order chi connectivity index (χ0) is 17.9. The van der Waals surface area contributed by atoms with Crippen molar-refractivity contribution in [1.29, 1.82) is 5.26 Å². The average molecular weight is 326 g/mol. The highest BCUT2D eigenvalue weighted by Crippen LogP contribution is 2.22. The van der Waals surface area contributed by atoms with E-state index in [-0.39, 0.29) is 18.0 Å². The van der Waals surface area contributed by atoms with Crippen molar-refractivity contribution < 1.29 is 9.90 Å². The van der Waals surface area contributed by atoms with Gasteiger partial charge in [0.05, 0.1) is 12.2 Å². The Labute approximate surface area is 139 Å². The predicted molar refractivity (Wildman–Crippen MR) is 90.3 cm³/mol. The molecule has 1 aromatic carbocycles. The van der Waals surface area contributed by atoms with Gasteiger partial charge >= 0.3 is 0 Å². The Morgan fingerprint density at radius 2 is 1.96 bits per heavy atom. The van der Waals surface area contributed by atoms with Gasteiger partial charge in [-0.05, 0) is 50.8 Å². The third-order valence-electron chi connectivity index (χ3n) is 3.37. The first-order chi connectivity index (χ1) is 11.3. The number of anilines is 1. The van der Waals surface area contributed by atoms with Crippen molar-refractivity contribution in [2.45, 2.75) is 6.92 Å². The summed E-state index contributed by atoms with van der Waals surface area (Å²) in [5.41, 5.74) is 1.01. The van der Waals surface area contributed by atoms with Crippen LogP contribution in [0, 0.1) is 18.3 Å². The normalized spacial score (nSPS) is 10.5. The Morgan fingerprint density at radius 3 is 2.50 bits per heavy atom. The van der Waals surface area contributed by atoms with Gasteiger partial charge in [-0.3, -0.25) is 9.59 Å². The van der Waals surface area contributed by atoms with Gasteiger partial charge in [-0.1, -0.05) is 0 Å². The molecule has 0 aliphatic carbocycles. The van der Waals surface area contributed by atoms with E-state index in [0.717, 1.165) is 4.57 Å². The van der Waals surface area contributed by atoms with Gasteiger partial charge in [-0.25, -0.2) is 4.57 Å². The predicted octanol–water partition coefficient (Wildman–Crippen LogP) is 1.22.